The lowest BCUT2D eigenvalue weighted by Crippen LogP contribution is -2.03. The molecule has 0 saturated carbocycles. The normalized spacial score (nSPS) is 11.9. The Balaban J connectivity index is 1.32. The molecule has 3 heterocycles. The number of aromatic nitrogens is 3. The molecule has 0 aliphatic carbocycles. The molecular weight excluding hydrogens is 562 g/mol. The molecule has 10 aromatic rings. The van der Waals surface area contributed by atoms with E-state index in [9.17, 15) is 0 Å². The quantitative estimate of drug-likeness (QED) is 0.207. The molecular formula is C42H25N3O. The standard InChI is InChI=1S/C42H25N3O/c1-3-13-26(14-4-1)33-25-37-38(29-18-8-7-17-28(29)33)32-23-24-36-39(41(32)46-37)31-20-10-12-22-35(31)45(36)42-43-34-21-11-9-19-30(34)40(44-42)27-15-5-2-6-16-27/h1-25H. The molecule has 3 aromatic heterocycles. The number of nitrogens with zero attached hydrogens (tertiary/aromatic N) is 3. The van der Waals surface area contributed by atoms with Crippen LogP contribution >= 0.6 is 0 Å². The van der Waals surface area contributed by atoms with Gasteiger partial charge in [-0.1, -0.05) is 121 Å². The molecule has 0 amide bonds. The Morgan fingerprint density at radius 1 is 0.457 bits per heavy atom. The van der Waals surface area contributed by atoms with E-state index in [2.05, 4.69) is 138 Å². The lowest BCUT2D eigenvalue weighted by atomic mass is 9.95. The minimum Gasteiger partial charge on any atom is -0.455 e. The molecule has 0 N–H and O–H groups in total. The monoisotopic (exact) mass is 587 g/mol. The topological polar surface area (TPSA) is 43.9 Å². The van der Waals surface area contributed by atoms with Crippen molar-refractivity contribution >= 4 is 65.4 Å². The van der Waals surface area contributed by atoms with E-state index in [1.54, 1.807) is 0 Å². The fourth-order valence-electron chi connectivity index (χ4n) is 7.20. The van der Waals surface area contributed by atoms with Crippen molar-refractivity contribution in [3.05, 3.63) is 152 Å². The second-order valence-corrected chi connectivity index (χ2v) is 11.8. The van der Waals surface area contributed by atoms with E-state index in [0.717, 1.165) is 65.9 Å². The van der Waals surface area contributed by atoms with Crippen LogP contribution in [0.2, 0.25) is 0 Å². The molecule has 0 unspecified atom stereocenters. The Morgan fingerprint density at radius 3 is 1.91 bits per heavy atom. The minimum absolute atomic E-state index is 0.635. The number of benzene rings is 7. The van der Waals surface area contributed by atoms with Gasteiger partial charge in [-0.3, -0.25) is 4.57 Å². The minimum atomic E-state index is 0.635. The van der Waals surface area contributed by atoms with E-state index >= 15 is 0 Å². The maximum atomic E-state index is 6.90. The highest BCUT2D eigenvalue weighted by molar-refractivity contribution is 6.29. The number of para-hydroxylation sites is 2. The molecule has 46 heavy (non-hydrogen) atoms. The molecule has 0 aliphatic rings. The Bertz CT molecular complexity index is 2790. The summed E-state index contributed by atoms with van der Waals surface area (Å²) in [5.41, 5.74) is 9.02. The van der Waals surface area contributed by atoms with Crippen LogP contribution in [0.25, 0.3) is 93.8 Å². The third-order valence-electron chi connectivity index (χ3n) is 9.20. The smallest absolute Gasteiger partial charge is 0.235 e. The van der Waals surface area contributed by atoms with Gasteiger partial charge in [-0.05, 0) is 52.2 Å². The lowest BCUT2D eigenvalue weighted by Gasteiger charge is -2.11. The Kier molecular flexibility index (Phi) is 5.25. The van der Waals surface area contributed by atoms with Crippen LogP contribution in [0.3, 0.4) is 0 Å². The fourth-order valence-corrected chi connectivity index (χ4v) is 7.20. The summed E-state index contributed by atoms with van der Waals surface area (Å²) >= 11 is 0. The van der Waals surface area contributed by atoms with Crippen LogP contribution in [0.15, 0.2) is 156 Å². The van der Waals surface area contributed by atoms with E-state index in [4.69, 9.17) is 14.4 Å². The molecule has 4 heteroatoms. The Labute approximate surface area is 263 Å². The van der Waals surface area contributed by atoms with Gasteiger partial charge in [0.2, 0.25) is 5.95 Å². The van der Waals surface area contributed by atoms with Crippen LogP contribution in [-0.2, 0) is 0 Å². The molecule has 4 nitrogen and oxygen atoms in total. The first-order chi connectivity index (χ1) is 22.8. The van der Waals surface area contributed by atoms with Crippen molar-refractivity contribution < 1.29 is 4.42 Å². The van der Waals surface area contributed by atoms with Crippen LogP contribution in [0.5, 0.6) is 0 Å². The van der Waals surface area contributed by atoms with Crippen LogP contribution < -0.4 is 0 Å². The van der Waals surface area contributed by atoms with Crippen molar-refractivity contribution in [2.24, 2.45) is 0 Å². The third kappa shape index (κ3) is 3.55. The average Bonchev–Trinajstić information content (AvgIpc) is 3.67. The average molecular weight is 588 g/mol. The summed E-state index contributed by atoms with van der Waals surface area (Å²) in [6, 6.07) is 52.9. The van der Waals surface area contributed by atoms with Crippen LogP contribution in [0, 0.1) is 0 Å². The summed E-state index contributed by atoms with van der Waals surface area (Å²) in [4.78, 5) is 10.4. The molecule has 0 fully saturated rings. The summed E-state index contributed by atoms with van der Waals surface area (Å²) in [5.74, 6) is 0.635. The van der Waals surface area contributed by atoms with Crippen molar-refractivity contribution in [1.29, 1.82) is 0 Å². The second-order valence-electron chi connectivity index (χ2n) is 11.8. The molecule has 214 valence electrons. The van der Waals surface area contributed by atoms with E-state index in [-0.39, 0.29) is 0 Å². The Hall–Kier alpha value is -6.26. The number of rotatable bonds is 3. The van der Waals surface area contributed by atoms with Gasteiger partial charge in [-0.25, -0.2) is 9.97 Å². The first-order valence-electron chi connectivity index (χ1n) is 15.5. The molecule has 0 spiro atoms. The van der Waals surface area contributed by atoms with Crippen molar-refractivity contribution in [3.63, 3.8) is 0 Å². The predicted octanol–water partition coefficient (Wildman–Crippen LogP) is 11.1. The van der Waals surface area contributed by atoms with Crippen LogP contribution in [-0.4, -0.2) is 14.5 Å². The molecule has 7 aromatic carbocycles. The number of furan rings is 1. The van der Waals surface area contributed by atoms with E-state index in [1.165, 1.54) is 21.9 Å². The van der Waals surface area contributed by atoms with Gasteiger partial charge in [0, 0.05) is 27.1 Å². The van der Waals surface area contributed by atoms with Gasteiger partial charge in [-0.2, -0.15) is 0 Å². The highest BCUT2D eigenvalue weighted by Gasteiger charge is 2.22. The highest BCUT2D eigenvalue weighted by atomic mass is 16.3. The summed E-state index contributed by atoms with van der Waals surface area (Å²) in [6.45, 7) is 0. The first-order valence-corrected chi connectivity index (χ1v) is 15.5. The maximum Gasteiger partial charge on any atom is 0.235 e. The summed E-state index contributed by atoms with van der Waals surface area (Å²) < 4.78 is 9.09. The Morgan fingerprint density at radius 2 is 1.11 bits per heavy atom. The molecule has 0 atom stereocenters. The number of hydrogen-bond acceptors (Lipinski definition) is 3. The fraction of sp³-hybridized carbons (Fsp3) is 0. The van der Waals surface area contributed by atoms with Crippen LogP contribution in [0.4, 0.5) is 0 Å². The van der Waals surface area contributed by atoms with Crippen molar-refractivity contribution in [2.45, 2.75) is 0 Å². The number of fused-ring (bicyclic) bond motifs is 10. The zero-order valence-corrected chi connectivity index (χ0v) is 24.7. The van der Waals surface area contributed by atoms with Crippen LogP contribution in [0.1, 0.15) is 0 Å². The van der Waals surface area contributed by atoms with Gasteiger partial charge in [-0.15, -0.1) is 0 Å². The van der Waals surface area contributed by atoms with Gasteiger partial charge < -0.3 is 4.42 Å². The molecule has 0 saturated heterocycles. The van der Waals surface area contributed by atoms with Gasteiger partial charge >= 0.3 is 0 Å². The van der Waals surface area contributed by atoms with Gasteiger partial charge in [0.15, 0.2) is 0 Å². The summed E-state index contributed by atoms with van der Waals surface area (Å²) in [6.07, 6.45) is 0. The van der Waals surface area contributed by atoms with E-state index < -0.39 is 0 Å². The zero-order valence-electron chi connectivity index (χ0n) is 24.7. The molecule has 10 rings (SSSR count). The first kappa shape index (κ1) is 25.1. The van der Waals surface area contributed by atoms with Crippen molar-refractivity contribution in [1.82, 2.24) is 14.5 Å². The van der Waals surface area contributed by atoms with Crippen molar-refractivity contribution in [2.75, 3.05) is 0 Å². The number of hydrogen-bond donors (Lipinski definition) is 0. The maximum absolute atomic E-state index is 6.90. The largest absolute Gasteiger partial charge is 0.455 e. The summed E-state index contributed by atoms with van der Waals surface area (Å²) in [7, 11) is 0. The SMILES string of the molecule is c1ccc(-c2nc(-n3c4ccccc4c4c5oc6cc(-c7ccccc7)c7ccccc7c6c5ccc43)nc3ccccc23)cc1. The van der Waals surface area contributed by atoms with Gasteiger partial charge in [0.25, 0.3) is 0 Å². The third-order valence-corrected chi connectivity index (χ3v) is 9.20. The zero-order chi connectivity index (χ0) is 30.2. The molecule has 0 radical (unpaired) electrons. The molecule has 0 aliphatic heterocycles. The summed E-state index contributed by atoms with van der Waals surface area (Å²) in [5, 5.41) is 7.83. The highest BCUT2D eigenvalue weighted by Crippen LogP contribution is 2.44. The van der Waals surface area contributed by atoms with Gasteiger partial charge in [0.1, 0.15) is 11.2 Å². The molecule has 0 bridgehead atoms. The lowest BCUT2D eigenvalue weighted by molar-refractivity contribution is 0.673. The second kappa shape index (κ2) is 9.62. The van der Waals surface area contributed by atoms with E-state index in [0.29, 0.717) is 5.95 Å². The van der Waals surface area contributed by atoms with Crippen molar-refractivity contribution in [3.8, 4) is 28.3 Å². The predicted molar refractivity (Wildman–Crippen MR) is 190 cm³/mol. The van der Waals surface area contributed by atoms with E-state index in [1.807, 2.05) is 18.2 Å². The van der Waals surface area contributed by atoms with Gasteiger partial charge in [0.05, 0.1) is 27.6 Å².